The number of ether oxygens (including phenoxy) is 1. The number of nitrogens with zero attached hydrogens (tertiary/aromatic N) is 5. The lowest BCUT2D eigenvalue weighted by Crippen LogP contribution is -2.32. The van der Waals surface area contributed by atoms with Gasteiger partial charge in [0.1, 0.15) is 29.5 Å². The van der Waals surface area contributed by atoms with Crippen LogP contribution in [0.2, 0.25) is 0 Å². The van der Waals surface area contributed by atoms with Gasteiger partial charge in [0.05, 0.1) is 36.8 Å². The topological polar surface area (TPSA) is 95.1 Å². The van der Waals surface area contributed by atoms with Gasteiger partial charge in [0.15, 0.2) is 5.82 Å². The van der Waals surface area contributed by atoms with E-state index in [4.69, 9.17) is 9.57 Å². The average Bonchev–Trinajstić information content (AvgIpc) is 3.71. The number of aromatic nitrogens is 2. The van der Waals surface area contributed by atoms with Gasteiger partial charge in [0.2, 0.25) is 5.91 Å². The van der Waals surface area contributed by atoms with Crippen LogP contribution in [0.1, 0.15) is 24.4 Å². The smallest absolute Gasteiger partial charge is 0.247 e. The monoisotopic (exact) mass is 577 g/mol. The Morgan fingerprint density at radius 3 is 2.64 bits per heavy atom. The zero-order valence-electron chi connectivity index (χ0n) is 23.5. The molecule has 3 aromatic rings. The first-order valence-corrected chi connectivity index (χ1v) is 13.9. The van der Waals surface area contributed by atoms with Crippen molar-refractivity contribution >= 4 is 34.6 Å². The molecular weight excluding hydrogens is 544 g/mol. The molecule has 6 rings (SSSR count). The van der Waals surface area contributed by atoms with Crippen LogP contribution in [0.3, 0.4) is 0 Å². The number of hydrogen-bond donors (Lipinski definition) is 2. The second-order valence-electron chi connectivity index (χ2n) is 10.8. The van der Waals surface area contributed by atoms with E-state index in [1.807, 2.05) is 12.1 Å². The van der Waals surface area contributed by atoms with Crippen LogP contribution < -0.4 is 25.3 Å². The minimum atomic E-state index is -0.652. The van der Waals surface area contributed by atoms with Crippen LogP contribution in [0.5, 0.6) is 5.75 Å². The number of hydrogen-bond acceptors (Lipinski definition) is 9. The maximum Gasteiger partial charge on any atom is 0.247 e. The van der Waals surface area contributed by atoms with E-state index < -0.39 is 17.7 Å². The summed E-state index contributed by atoms with van der Waals surface area (Å²) >= 11 is 0. The second-order valence-corrected chi connectivity index (χ2v) is 10.8. The molecule has 0 bridgehead atoms. The van der Waals surface area contributed by atoms with Gasteiger partial charge in [-0.3, -0.25) is 9.63 Å². The van der Waals surface area contributed by atoms with E-state index in [1.54, 1.807) is 18.2 Å². The van der Waals surface area contributed by atoms with Crippen molar-refractivity contribution in [1.82, 2.24) is 14.9 Å². The average molecular weight is 578 g/mol. The van der Waals surface area contributed by atoms with E-state index in [0.717, 1.165) is 37.8 Å². The lowest BCUT2D eigenvalue weighted by Gasteiger charge is -2.26. The molecular formula is C30H33F2N7O3. The number of likely N-dealkylation sites (N-methyl/N-ethyl adjacent to an activating group) is 1. The fourth-order valence-electron chi connectivity index (χ4n) is 6.19. The molecule has 1 aromatic heterocycles. The van der Waals surface area contributed by atoms with Gasteiger partial charge < -0.3 is 25.2 Å². The quantitative estimate of drug-likeness (QED) is 0.371. The van der Waals surface area contributed by atoms with Gasteiger partial charge in [-0.05, 0) is 55.8 Å². The molecule has 3 aliphatic heterocycles. The Labute approximate surface area is 242 Å². The van der Waals surface area contributed by atoms with E-state index in [0.29, 0.717) is 59.3 Å². The van der Waals surface area contributed by atoms with Crippen molar-refractivity contribution in [2.45, 2.75) is 24.9 Å². The van der Waals surface area contributed by atoms with Gasteiger partial charge >= 0.3 is 0 Å². The third-order valence-corrected chi connectivity index (χ3v) is 8.24. The molecule has 0 spiro atoms. The van der Waals surface area contributed by atoms with Crippen molar-refractivity contribution in [3.05, 3.63) is 72.6 Å². The van der Waals surface area contributed by atoms with E-state index >= 15 is 0 Å². The lowest BCUT2D eigenvalue weighted by molar-refractivity contribution is -0.111. The summed E-state index contributed by atoms with van der Waals surface area (Å²) in [5.74, 6) is 0.368. The number of hydroxylamine groups is 1. The van der Waals surface area contributed by atoms with Crippen LogP contribution in [-0.2, 0) is 9.63 Å². The Hall–Kier alpha value is -4.29. The highest BCUT2D eigenvalue weighted by molar-refractivity contribution is 6.02. The molecule has 3 atom stereocenters. The lowest BCUT2D eigenvalue weighted by atomic mass is 10.0. The van der Waals surface area contributed by atoms with Crippen LogP contribution in [0.4, 0.5) is 37.5 Å². The Kier molecular flexibility index (Phi) is 7.65. The predicted octanol–water partition coefficient (Wildman–Crippen LogP) is 4.65. The molecule has 12 heteroatoms. The van der Waals surface area contributed by atoms with Crippen LogP contribution in [0.15, 0.2) is 55.4 Å². The first-order chi connectivity index (χ1) is 20.3. The van der Waals surface area contributed by atoms with E-state index in [2.05, 4.69) is 44.0 Å². The molecule has 0 radical (unpaired) electrons. The maximum absolute atomic E-state index is 13.9. The number of rotatable bonds is 8. The molecule has 1 amide bonds. The van der Waals surface area contributed by atoms with Gasteiger partial charge in [0, 0.05) is 43.8 Å². The van der Waals surface area contributed by atoms with Gasteiger partial charge in [-0.15, -0.1) is 0 Å². The van der Waals surface area contributed by atoms with Gasteiger partial charge in [0.25, 0.3) is 0 Å². The molecule has 0 aliphatic carbocycles. The zero-order chi connectivity index (χ0) is 29.4. The Morgan fingerprint density at radius 1 is 1.10 bits per heavy atom. The summed E-state index contributed by atoms with van der Waals surface area (Å²) < 4.78 is 33.7. The van der Waals surface area contributed by atoms with Crippen molar-refractivity contribution in [1.29, 1.82) is 0 Å². The van der Waals surface area contributed by atoms with E-state index in [1.165, 1.54) is 24.5 Å². The van der Waals surface area contributed by atoms with Gasteiger partial charge in [-0.25, -0.2) is 23.8 Å². The molecule has 42 heavy (non-hydrogen) atoms. The van der Waals surface area contributed by atoms with E-state index in [-0.39, 0.29) is 5.91 Å². The summed E-state index contributed by atoms with van der Waals surface area (Å²) in [7, 11) is 3.74. The van der Waals surface area contributed by atoms with Crippen molar-refractivity contribution in [2.24, 2.45) is 5.92 Å². The highest BCUT2D eigenvalue weighted by Gasteiger charge is 2.40. The van der Waals surface area contributed by atoms with Gasteiger partial charge in [-0.1, -0.05) is 6.58 Å². The molecule has 0 unspecified atom stereocenters. The minimum absolute atomic E-state index is 0.320. The number of halogens is 2. The summed E-state index contributed by atoms with van der Waals surface area (Å²) in [6, 6.07) is 8.90. The second kappa shape index (κ2) is 11.5. The number of anilines is 5. The minimum Gasteiger partial charge on any atom is -0.494 e. The van der Waals surface area contributed by atoms with Crippen LogP contribution in [-0.4, -0.2) is 67.2 Å². The third-order valence-electron chi connectivity index (χ3n) is 8.24. The Morgan fingerprint density at radius 2 is 1.90 bits per heavy atom. The number of nitrogens with one attached hydrogen (secondary N) is 2. The predicted molar refractivity (Wildman–Crippen MR) is 156 cm³/mol. The largest absolute Gasteiger partial charge is 0.494 e. The summed E-state index contributed by atoms with van der Waals surface area (Å²) in [6.07, 6.45) is 4.30. The number of benzene rings is 2. The normalized spacial score (nSPS) is 21.9. The van der Waals surface area contributed by atoms with Crippen molar-refractivity contribution < 1.29 is 23.1 Å². The number of carbonyl (C=O) groups excluding carboxylic acids is 1. The maximum atomic E-state index is 13.9. The van der Waals surface area contributed by atoms with Crippen LogP contribution in [0.25, 0.3) is 0 Å². The first kappa shape index (κ1) is 27.9. The molecule has 4 heterocycles. The van der Waals surface area contributed by atoms with Crippen LogP contribution >= 0.6 is 0 Å². The molecule has 0 saturated carbocycles. The Bertz CT molecular complexity index is 1490. The fourth-order valence-corrected chi connectivity index (χ4v) is 6.19. The number of amides is 1. The summed E-state index contributed by atoms with van der Waals surface area (Å²) in [6.45, 7) is 6.81. The SMILES string of the molecule is C=CC(=O)Nc1cc(Nc2cc(N3OCC[C@@H]3c3cc(F)cc(F)c3)ncn2)c(OC)cc1N1C[C@H]2CCN(C)[C@H]2C1. The summed E-state index contributed by atoms with van der Waals surface area (Å²) in [5.41, 5.74) is 2.52. The van der Waals surface area contributed by atoms with Crippen molar-refractivity contribution in [2.75, 3.05) is 61.0 Å². The fraction of sp³-hybridized carbons (Fsp3) is 0.367. The molecule has 2 aromatic carbocycles. The molecule has 3 saturated heterocycles. The zero-order valence-corrected chi connectivity index (χ0v) is 23.5. The van der Waals surface area contributed by atoms with Crippen molar-refractivity contribution in [3.63, 3.8) is 0 Å². The number of methoxy groups -OCH3 is 1. The molecule has 3 fully saturated rings. The number of likely N-dealkylation sites (tertiary alicyclic amines) is 1. The Balaban J connectivity index is 1.29. The van der Waals surface area contributed by atoms with Gasteiger partial charge in [-0.2, -0.15) is 0 Å². The molecule has 3 aliphatic rings. The summed E-state index contributed by atoms with van der Waals surface area (Å²) in [4.78, 5) is 31.6. The van der Waals surface area contributed by atoms with E-state index in [9.17, 15) is 13.6 Å². The highest BCUT2D eigenvalue weighted by Crippen LogP contribution is 2.42. The molecule has 220 valence electrons. The first-order valence-electron chi connectivity index (χ1n) is 13.9. The highest BCUT2D eigenvalue weighted by atomic mass is 19.1. The molecule has 10 nitrogen and oxygen atoms in total. The summed E-state index contributed by atoms with van der Waals surface area (Å²) in [5, 5.41) is 7.77. The standard InChI is InChI=1S/C30H33F2N7O3/c1-4-30(40)36-22-12-23(27(41-3)13-25(22)38-15-18-5-7-37(2)26(18)16-38)35-28-14-29(34-17-33-28)39-24(6-8-42-39)19-9-20(31)11-21(32)10-19/h4,9-14,17-18,24,26H,1,5-8,15-16H2,2-3H3,(H,36,40)(H,33,34,35)/t18-,24-,26+/m1/s1. The molecule has 2 N–H and O–H groups in total. The third kappa shape index (κ3) is 5.47. The number of carbonyl (C=O) groups is 1. The number of fused-ring (bicyclic) bond motifs is 1. The van der Waals surface area contributed by atoms with Crippen molar-refractivity contribution in [3.8, 4) is 5.75 Å². The van der Waals surface area contributed by atoms with Crippen LogP contribution in [0, 0.1) is 17.6 Å².